The number of ether oxygens (including phenoxy) is 1. The molecule has 2 saturated heterocycles. The zero-order valence-corrected chi connectivity index (χ0v) is 16.7. The molecular weight excluding hydrogens is 368 g/mol. The lowest BCUT2D eigenvalue weighted by molar-refractivity contribution is 0.0421. The van der Waals surface area contributed by atoms with Gasteiger partial charge in [0.05, 0.1) is 0 Å². The van der Waals surface area contributed by atoms with Crippen LogP contribution in [0.1, 0.15) is 60.7 Å². The van der Waals surface area contributed by atoms with E-state index in [0.29, 0.717) is 17.7 Å². The van der Waals surface area contributed by atoms with Gasteiger partial charge < -0.3 is 14.2 Å². The lowest BCUT2D eigenvalue weighted by Gasteiger charge is -2.41. The van der Waals surface area contributed by atoms with Crippen molar-refractivity contribution < 1.29 is 14.1 Å². The minimum absolute atomic E-state index is 0.0172. The van der Waals surface area contributed by atoms with E-state index in [0.717, 1.165) is 76.2 Å². The SMILES string of the molecule is O=C(c1cc(C2CC2)on1)N1CCC(N2CCC(Oc3ccncc3)CC2)CC1. The van der Waals surface area contributed by atoms with Crippen LogP contribution in [0.5, 0.6) is 5.75 Å². The van der Waals surface area contributed by atoms with Crippen LogP contribution in [0.15, 0.2) is 35.1 Å². The van der Waals surface area contributed by atoms with Gasteiger partial charge in [-0.3, -0.25) is 14.7 Å². The van der Waals surface area contributed by atoms with Gasteiger partial charge in [0.2, 0.25) is 0 Å². The number of rotatable bonds is 5. The molecule has 0 radical (unpaired) electrons. The van der Waals surface area contributed by atoms with E-state index in [9.17, 15) is 4.79 Å². The molecule has 0 atom stereocenters. The first-order valence-electron chi connectivity index (χ1n) is 10.8. The predicted octanol–water partition coefficient (Wildman–Crippen LogP) is 3.10. The maximum Gasteiger partial charge on any atom is 0.276 e. The van der Waals surface area contributed by atoms with Gasteiger partial charge in [0.15, 0.2) is 5.69 Å². The number of likely N-dealkylation sites (tertiary alicyclic amines) is 2. The number of amides is 1. The van der Waals surface area contributed by atoms with Crippen LogP contribution in [0.25, 0.3) is 0 Å². The molecule has 2 aromatic heterocycles. The highest BCUT2D eigenvalue weighted by Gasteiger charge is 2.33. The smallest absolute Gasteiger partial charge is 0.276 e. The highest BCUT2D eigenvalue weighted by Crippen LogP contribution is 2.40. The van der Waals surface area contributed by atoms with E-state index < -0.39 is 0 Å². The minimum Gasteiger partial charge on any atom is -0.490 e. The second kappa shape index (κ2) is 8.14. The Labute approximate surface area is 171 Å². The number of aromatic nitrogens is 2. The second-order valence-electron chi connectivity index (χ2n) is 8.45. The van der Waals surface area contributed by atoms with Crippen LogP contribution >= 0.6 is 0 Å². The Morgan fingerprint density at radius 3 is 2.41 bits per heavy atom. The third-order valence-corrected chi connectivity index (χ3v) is 6.42. The Bertz CT molecular complexity index is 820. The van der Waals surface area contributed by atoms with Crippen molar-refractivity contribution in [1.29, 1.82) is 0 Å². The van der Waals surface area contributed by atoms with E-state index in [1.165, 1.54) is 0 Å². The van der Waals surface area contributed by atoms with E-state index in [1.807, 2.05) is 23.1 Å². The zero-order valence-electron chi connectivity index (χ0n) is 16.7. The van der Waals surface area contributed by atoms with E-state index in [4.69, 9.17) is 9.26 Å². The van der Waals surface area contributed by atoms with Crippen molar-refractivity contribution in [2.24, 2.45) is 0 Å². The number of nitrogens with zero attached hydrogens (tertiary/aromatic N) is 4. The van der Waals surface area contributed by atoms with Crippen molar-refractivity contribution in [3.8, 4) is 5.75 Å². The number of hydrogen-bond acceptors (Lipinski definition) is 6. The molecule has 154 valence electrons. The molecule has 5 rings (SSSR count). The largest absolute Gasteiger partial charge is 0.490 e. The molecule has 1 amide bonds. The highest BCUT2D eigenvalue weighted by molar-refractivity contribution is 5.92. The molecule has 29 heavy (non-hydrogen) atoms. The summed E-state index contributed by atoms with van der Waals surface area (Å²) in [5.41, 5.74) is 0.472. The van der Waals surface area contributed by atoms with Gasteiger partial charge in [-0.2, -0.15) is 0 Å². The molecular formula is C22H28N4O3. The summed E-state index contributed by atoms with van der Waals surface area (Å²) in [7, 11) is 0. The summed E-state index contributed by atoms with van der Waals surface area (Å²) >= 11 is 0. The van der Waals surface area contributed by atoms with Crippen LogP contribution in [-0.2, 0) is 0 Å². The molecule has 7 heteroatoms. The average Bonchev–Trinajstić information content (AvgIpc) is 3.51. The van der Waals surface area contributed by atoms with Crippen molar-refractivity contribution >= 4 is 5.91 Å². The first kappa shape index (κ1) is 18.6. The summed E-state index contributed by atoms with van der Waals surface area (Å²) < 4.78 is 11.4. The lowest BCUT2D eigenvalue weighted by atomic mass is 9.98. The van der Waals surface area contributed by atoms with Crippen LogP contribution in [0.4, 0.5) is 0 Å². The predicted molar refractivity (Wildman–Crippen MR) is 107 cm³/mol. The van der Waals surface area contributed by atoms with E-state index >= 15 is 0 Å². The fourth-order valence-corrected chi connectivity index (χ4v) is 4.51. The number of carbonyl (C=O) groups excluding carboxylic acids is 1. The molecule has 0 spiro atoms. The van der Waals surface area contributed by atoms with Crippen LogP contribution in [0.2, 0.25) is 0 Å². The molecule has 1 saturated carbocycles. The molecule has 7 nitrogen and oxygen atoms in total. The van der Waals surface area contributed by atoms with E-state index in [2.05, 4.69) is 15.0 Å². The van der Waals surface area contributed by atoms with Crippen molar-refractivity contribution in [2.75, 3.05) is 26.2 Å². The van der Waals surface area contributed by atoms with Gasteiger partial charge in [-0.1, -0.05) is 5.16 Å². The molecule has 3 fully saturated rings. The molecule has 0 aromatic carbocycles. The number of piperidine rings is 2. The number of pyridine rings is 1. The normalized spacial score (nSPS) is 22.0. The molecule has 1 aliphatic carbocycles. The molecule has 0 unspecified atom stereocenters. The summed E-state index contributed by atoms with van der Waals surface area (Å²) in [6.07, 6.45) is 10.3. The Morgan fingerprint density at radius 1 is 1.00 bits per heavy atom. The van der Waals surface area contributed by atoms with Gasteiger partial charge >= 0.3 is 0 Å². The van der Waals surface area contributed by atoms with Crippen LogP contribution in [-0.4, -0.2) is 64.2 Å². The molecule has 3 aliphatic rings. The average molecular weight is 396 g/mol. The molecule has 0 bridgehead atoms. The van der Waals surface area contributed by atoms with Crippen molar-refractivity contribution in [1.82, 2.24) is 19.9 Å². The first-order valence-corrected chi connectivity index (χ1v) is 10.8. The molecule has 2 aliphatic heterocycles. The Balaban J connectivity index is 1.08. The maximum absolute atomic E-state index is 12.7. The number of hydrogen-bond donors (Lipinski definition) is 0. The second-order valence-corrected chi connectivity index (χ2v) is 8.45. The van der Waals surface area contributed by atoms with Crippen molar-refractivity contribution in [2.45, 2.75) is 56.6 Å². The maximum atomic E-state index is 12.7. The molecule has 2 aromatic rings. The summed E-state index contributed by atoms with van der Waals surface area (Å²) in [5.74, 6) is 2.28. The third-order valence-electron chi connectivity index (χ3n) is 6.42. The van der Waals surface area contributed by atoms with Crippen molar-refractivity contribution in [3.63, 3.8) is 0 Å². The Kier molecular flexibility index (Phi) is 5.23. The Hall–Kier alpha value is -2.41. The highest BCUT2D eigenvalue weighted by atomic mass is 16.5. The van der Waals surface area contributed by atoms with Crippen LogP contribution < -0.4 is 4.74 Å². The third kappa shape index (κ3) is 4.29. The molecule has 0 N–H and O–H groups in total. The number of carbonyl (C=O) groups is 1. The summed E-state index contributed by atoms with van der Waals surface area (Å²) in [4.78, 5) is 21.3. The van der Waals surface area contributed by atoms with E-state index in [-0.39, 0.29) is 12.0 Å². The first-order chi connectivity index (χ1) is 14.3. The Morgan fingerprint density at radius 2 is 1.72 bits per heavy atom. The fraction of sp³-hybridized carbons (Fsp3) is 0.591. The van der Waals surface area contributed by atoms with Crippen LogP contribution in [0.3, 0.4) is 0 Å². The lowest BCUT2D eigenvalue weighted by Crippen LogP contribution is -2.50. The summed E-state index contributed by atoms with van der Waals surface area (Å²) in [5, 5.41) is 4.01. The summed E-state index contributed by atoms with van der Waals surface area (Å²) in [6, 6.07) is 6.24. The van der Waals surface area contributed by atoms with Gasteiger partial charge in [-0.25, -0.2) is 0 Å². The zero-order chi connectivity index (χ0) is 19.6. The van der Waals surface area contributed by atoms with Crippen LogP contribution in [0, 0.1) is 0 Å². The molecule has 4 heterocycles. The van der Waals surface area contributed by atoms with Gasteiger partial charge in [-0.15, -0.1) is 0 Å². The summed E-state index contributed by atoms with van der Waals surface area (Å²) in [6.45, 7) is 3.70. The topological polar surface area (TPSA) is 71.7 Å². The van der Waals surface area contributed by atoms with Gasteiger partial charge in [-0.05, 0) is 50.7 Å². The van der Waals surface area contributed by atoms with Crippen molar-refractivity contribution in [3.05, 3.63) is 42.0 Å². The van der Waals surface area contributed by atoms with Gasteiger partial charge in [0, 0.05) is 56.6 Å². The minimum atomic E-state index is 0.0172. The fourth-order valence-electron chi connectivity index (χ4n) is 4.51. The monoisotopic (exact) mass is 396 g/mol. The quantitative estimate of drug-likeness (QED) is 0.773. The van der Waals surface area contributed by atoms with Gasteiger partial charge in [0.25, 0.3) is 5.91 Å². The van der Waals surface area contributed by atoms with Gasteiger partial charge in [0.1, 0.15) is 17.6 Å². The standard InChI is InChI=1S/C22H28N4O3/c27-22(20-15-21(29-24-20)16-1-2-16)26-11-5-17(6-12-26)25-13-7-19(8-14-25)28-18-3-9-23-10-4-18/h3-4,9-10,15-17,19H,1-2,5-8,11-14H2. The van der Waals surface area contributed by atoms with E-state index in [1.54, 1.807) is 12.4 Å².